The minimum atomic E-state index is -0.290. The Morgan fingerprint density at radius 2 is 2.18 bits per heavy atom. The number of esters is 1. The Bertz CT molecular complexity index is 307. The largest absolute Gasteiger partial charge is 0.449 e. The van der Waals surface area contributed by atoms with E-state index in [1.165, 1.54) is 26.2 Å². The summed E-state index contributed by atoms with van der Waals surface area (Å²) in [6.45, 7) is 6.23. The van der Waals surface area contributed by atoms with E-state index in [2.05, 4.69) is 18.8 Å². The van der Waals surface area contributed by atoms with Crippen LogP contribution in [0.3, 0.4) is 0 Å². The molecule has 0 amide bonds. The lowest BCUT2D eigenvalue weighted by Gasteiger charge is -2.10. The topological polar surface area (TPSA) is 38.8 Å². The Hall–Kier alpha value is -1.01. The highest BCUT2D eigenvalue weighted by Gasteiger charge is 2.37. The molecule has 0 aliphatic carbocycles. The van der Waals surface area contributed by atoms with E-state index in [1.54, 1.807) is 0 Å². The van der Waals surface area contributed by atoms with Crippen molar-refractivity contribution in [2.75, 3.05) is 6.61 Å². The molecule has 0 saturated carbocycles. The fourth-order valence-electron chi connectivity index (χ4n) is 1.53. The van der Waals surface area contributed by atoms with Crippen molar-refractivity contribution in [3.05, 3.63) is 0 Å². The number of hydrogen-bond donors (Lipinski definition) is 0. The molecule has 0 aromatic rings. The van der Waals surface area contributed by atoms with Crippen LogP contribution in [0.2, 0.25) is 0 Å². The minimum Gasteiger partial charge on any atom is -0.449 e. The zero-order valence-electron chi connectivity index (χ0n) is 11.0. The van der Waals surface area contributed by atoms with Crippen LogP contribution in [0.5, 0.6) is 0 Å². The summed E-state index contributed by atoms with van der Waals surface area (Å²) in [5.74, 6) is 5.78. The first-order chi connectivity index (χ1) is 8.06. The van der Waals surface area contributed by atoms with Crippen molar-refractivity contribution >= 4 is 5.97 Å². The first kappa shape index (κ1) is 14.1. The van der Waals surface area contributed by atoms with E-state index in [4.69, 9.17) is 9.47 Å². The predicted octanol–water partition coefficient (Wildman–Crippen LogP) is 2.68. The van der Waals surface area contributed by atoms with E-state index in [0.29, 0.717) is 6.61 Å². The zero-order valence-corrected chi connectivity index (χ0v) is 11.0. The fraction of sp³-hybridized carbons (Fsp3) is 0.786. The maximum atomic E-state index is 11.0. The molecule has 1 aliphatic rings. The molecule has 3 nitrogen and oxygen atoms in total. The molecule has 1 saturated heterocycles. The second-order valence-electron chi connectivity index (χ2n) is 4.74. The van der Waals surface area contributed by atoms with Crippen molar-refractivity contribution in [3.63, 3.8) is 0 Å². The van der Waals surface area contributed by atoms with Gasteiger partial charge < -0.3 is 9.47 Å². The van der Waals surface area contributed by atoms with Crippen molar-refractivity contribution < 1.29 is 14.3 Å². The molecule has 2 atom stereocenters. The summed E-state index contributed by atoms with van der Waals surface area (Å²) in [4.78, 5) is 11.0. The van der Waals surface area contributed by atoms with Gasteiger partial charge in [0.05, 0.1) is 6.61 Å². The third-order valence-electron chi connectivity index (χ3n) is 2.70. The molecule has 3 heteroatoms. The van der Waals surface area contributed by atoms with Crippen LogP contribution in [0.15, 0.2) is 0 Å². The molecule has 0 spiro atoms. The molecule has 2 unspecified atom stereocenters. The molecule has 1 rings (SSSR count). The molecular weight excluding hydrogens is 216 g/mol. The highest BCUT2D eigenvalue weighted by Crippen LogP contribution is 2.24. The van der Waals surface area contributed by atoms with Gasteiger partial charge in [0, 0.05) is 6.92 Å². The maximum absolute atomic E-state index is 11.0. The second kappa shape index (κ2) is 6.66. The Kier molecular flexibility index (Phi) is 5.50. The molecule has 0 aromatic carbocycles. The number of unbranched alkanes of at least 4 members (excludes halogenated alkanes) is 3. The molecule has 17 heavy (non-hydrogen) atoms. The highest BCUT2D eigenvalue weighted by atomic mass is 16.6. The van der Waals surface area contributed by atoms with Crippen LogP contribution in [-0.2, 0) is 14.3 Å². The summed E-state index contributed by atoms with van der Waals surface area (Å²) >= 11 is 0. The van der Waals surface area contributed by atoms with Crippen LogP contribution in [0.1, 0.15) is 52.9 Å². The molecule has 0 aromatic heterocycles. The number of carbonyl (C=O) groups is 1. The second-order valence-corrected chi connectivity index (χ2v) is 4.74. The molecular formula is C14H22O3. The van der Waals surface area contributed by atoms with Gasteiger partial charge in [-0.3, -0.25) is 4.79 Å². The summed E-state index contributed by atoms with van der Waals surface area (Å²) in [6, 6.07) is 0. The van der Waals surface area contributed by atoms with Gasteiger partial charge in [-0.2, -0.15) is 0 Å². The lowest BCUT2D eigenvalue weighted by atomic mass is 10.1. The van der Waals surface area contributed by atoms with Crippen LogP contribution in [0.4, 0.5) is 0 Å². The average Bonchev–Trinajstić information content (AvgIpc) is 2.99. The summed E-state index contributed by atoms with van der Waals surface area (Å²) in [5.41, 5.74) is -0.290. The molecule has 0 N–H and O–H groups in total. The normalized spacial score (nSPS) is 23.5. The van der Waals surface area contributed by atoms with E-state index in [9.17, 15) is 4.79 Å². The summed E-state index contributed by atoms with van der Waals surface area (Å²) in [7, 11) is 0. The molecule has 96 valence electrons. The van der Waals surface area contributed by atoms with E-state index in [1.807, 2.05) is 6.92 Å². The quantitative estimate of drug-likeness (QED) is 0.309. The lowest BCUT2D eigenvalue weighted by molar-refractivity contribution is -0.144. The van der Waals surface area contributed by atoms with Crippen molar-refractivity contribution in [1.82, 2.24) is 0 Å². The van der Waals surface area contributed by atoms with Gasteiger partial charge in [0.25, 0.3) is 0 Å². The zero-order chi connectivity index (χ0) is 12.7. The molecule has 0 bridgehead atoms. The van der Waals surface area contributed by atoms with Crippen molar-refractivity contribution in [1.29, 1.82) is 0 Å². The first-order valence-corrected chi connectivity index (χ1v) is 6.39. The van der Waals surface area contributed by atoms with Gasteiger partial charge in [0.15, 0.2) is 6.10 Å². The highest BCUT2D eigenvalue weighted by molar-refractivity contribution is 5.66. The molecule has 1 heterocycles. The molecule has 0 radical (unpaired) electrons. The van der Waals surface area contributed by atoms with E-state index in [-0.39, 0.29) is 17.7 Å². The van der Waals surface area contributed by atoms with Gasteiger partial charge in [0.1, 0.15) is 5.60 Å². The van der Waals surface area contributed by atoms with Crippen LogP contribution in [-0.4, -0.2) is 24.3 Å². The lowest BCUT2D eigenvalue weighted by Crippen LogP contribution is -2.15. The Morgan fingerprint density at radius 3 is 2.71 bits per heavy atom. The van der Waals surface area contributed by atoms with Gasteiger partial charge in [0.2, 0.25) is 0 Å². The maximum Gasteiger partial charge on any atom is 0.303 e. The summed E-state index contributed by atoms with van der Waals surface area (Å²) < 4.78 is 10.4. The van der Waals surface area contributed by atoms with Crippen molar-refractivity contribution in [2.45, 2.75) is 64.6 Å². The Balaban J connectivity index is 2.36. The van der Waals surface area contributed by atoms with Crippen LogP contribution in [0, 0.1) is 11.8 Å². The predicted molar refractivity (Wildman–Crippen MR) is 66.4 cm³/mol. The van der Waals surface area contributed by atoms with Crippen molar-refractivity contribution in [2.24, 2.45) is 0 Å². The van der Waals surface area contributed by atoms with E-state index in [0.717, 1.165) is 12.8 Å². The van der Waals surface area contributed by atoms with Gasteiger partial charge in [-0.15, -0.1) is 0 Å². The number of ether oxygens (including phenoxy) is 2. The van der Waals surface area contributed by atoms with E-state index < -0.39 is 0 Å². The molecule has 1 fully saturated rings. The smallest absolute Gasteiger partial charge is 0.303 e. The molecule has 1 aliphatic heterocycles. The van der Waals surface area contributed by atoms with E-state index >= 15 is 0 Å². The van der Waals surface area contributed by atoms with Crippen LogP contribution >= 0.6 is 0 Å². The number of epoxide rings is 1. The van der Waals surface area contributed by atoms with Gasteiger partial charge >= 0.3 is 5.97 Å². The minimum absolute atomic E-state index is 0.262. The summed E-state index contributed by atoms with van der Waals surface area (Å²) in [5, 5.41) is 0. The average molecular weight is 238 g/mol. The number of rotatable bonds is 6. The Labute approximate surface area is 104 Å². The van der Waals surface area contributed by atoms with Crippen LogP contribution in [0.25, 0.3) is 0 Å². The number of carbonyl (C=O) groups excluding carboxylic acids is 1. The summed E-state index contributed by atoms with van der Waals surface area (Å²) in [6.07, 6.45) is 5.20. The standard InChI is InChI=1S/C14H22O3/c1-4-5-6-7-8-13(17-12(2)15)9-10-14(3)11-16-14/h13H,4-8,11H2,1-3H3. The Morgan fingerprint density at radius 1 is 1.47 bits per heavy atom. The van der Waals surface area contributed by atoms with Gasteiger partial charge in [-0.1, -0.05) is 38.0 Å². The number of hydrogen-bond acceptors (Lipinski definition) is 3. The first-order valence-electron chi connectivity index (χ1n) is 6.39. The van der Waals surface area contributed by atoms with Crippen molar-refractivity contribution in [3.8, 4) is 11.8 Å². The third kappa shape index (κ3) is 6.33. The SMILES string of the molecule is CCCCCCC(C#CC1(C)CO1)OC(C)=O. The third-order valence-corrected chi connectivity index (χ3v) is 2.70. The van der Waals surface area contributed by atoms with Gasteiger partial charge in [-0.05, 0) is 19.8 Å². The van der Waals surface area contributed by atoms with Crippen LogP contribution < -0.4 is 0 Å². The van der Waals surface area contributed by atoms with Gasteiger partial charge in [-0.25, -0.2) is 0 Å². The fourth-order valence-corrected chi connectivity index (χ4v) is 1.53. The monoisotopic (exact) mass is 238 g/mol.